The van der Waals surface area contributed by atoms with Gasteiger partial charge in [0.05, 0.1) is 6.61 Å². The Morgan fingerprint density at radius 3 is 2.54 bits per heavy atom. The lowest BCUT2D eigenvalue weighted by Gasteiger charge is -2.05. The Labute approximate surface area is 158 Å². The zero-order valence-electron chi connectivity index (χ0n) is 15.0. The summed E-state index contributed by atoms with van der Waals surface area (Å²) in [5.74, 6) is -3.02. The molecule has 0 saturated carbocycles. The first-order valence-electron chi connectivity index (χ1n) is 8.28. The van der Waals surface area contributed by atoms with Crippen molar-refractivity contribution >= 4 is 34.6 Å². The molecule has 9 nitrogen and oxygen atoms in total. The number of carbonyl (C=O) groups excluding carboxylic acids is 3. The van der Waals surface area contributed by atoms with Gasteiger partial charge in [-0.05, 0) is 26.0 Å². The van der Waals surface area contributed by atoms with Gasteiger partial charge in [0.15, 0.2) is 0 Å². The van der Waals surface area contributed by atoms with Crippen molar-refractivity contribution in [1.29, 1.82) is 0 Å². The summed E-state index contributed by atoms with van der Waals surface area (Å²) in [6.07, 6.45) is 0. The predicted octanol–water partition coefficient (Wildman–Crippen LogP) is 2.22. The molecule has 0 aliphatic carbocycles. The molecule has 0 unspecified atom stereocenters. The molecule has 3 N–H and O–H groups in total. The minimum atomic E-state index is -0.999. The largest absolute Gasteiger partial charge is 0.462 e. The first-order chi connectivity index (χ1) is 13.3. The molecular weight excluding hydrogens is 368 g/mol. The van der Waals surface area contributed by atoms with E-state index in [1.54, 1.807) is 31.2 Å². The van der Waals surface area contributed by atoms with Crippen LogP contribution in [0.1, 0.15) is 43.8 Å². The second-order valence-electron chi connectivity index (χ2n) is 5.76. The van der Waals surface area contributed by atoms with E-state index >= 15 is 0 Å². The Hall–Kier alpha value is -3.88. The monoisotopic (exact) mass is 384 g/mol. The van der Waals surface area contributed by atoms with Crippen LogP contribution in [0.4, 0.5) is 5.88 Å². The fourth-order valence-electron chi connectivity index (χ4n) is 2.71. The number of furan rings is 1. The van der Waals surface area contributed by atoms with Crippen LogP contribution in [0.3, 0.4) is 0 Å². The first kappa shape index (κ1) is 18.9. The molecule has 3 rings (SSSR count). The number of carbonyl (C=O) groups is 3. The van der Waals surface area contributed by atoms with E-state index in [4.69, 9.17) is 19.3 Å². The summed E-state index contributed by atoms with van der Waals surface area (Å²) in [4.78, 5) is 48.6. The summed E-state index contributed by atoms with van der Waals surface area (Å²) in [5.41, 5.74) is 3.96. The molecule has 2 heterocycles. The Bertz CT molecular complexity index is 1160. The summed E-state index contributed by atoms with van der Waals surface area (Å²) >= 11 is 0. The number of nitrogens with one attached hydrogen (secondary N) is 1. The Balaban J connectivity index is 2.02. The summed E-state index contributed by atoms with van der Waals surface area (Å²) in [7, 11) is 0. The van der Waals surface area contributed by atoms with E-state index < -0.39 is 23.4 Å². The highest BCUT2D eigenvalue weighted by molar-refractivity contribution is 6.12. The molecule has 9 heteroatoms. The number of ether oxygens (including phenoxy) is 1. The molecule has 0 bridgehead atoms. The van der Waals surface area contributed by atoms with Crippen LogP contribution in [0.2, 0.25) is 0 Å². The van der Waals surface area contributed by atoms with Crippen molar-refractivity contribution in [2.24, 2.45) is 5.73 Å². The number of para-hydroxylation sites is 1. The molecular formula is C19H16N2O7. The van der Waals surface area contributed by atoms with Crippen LogP contribution in [0.15, 0.2) is 44.0 Å². The van der Waals surface area contributed by atoms with Crippen molar-refractivity contribution in [3.05, 3.63) is 63.2 Å². The molecule has 3 aromatic rings. The van der Waals surface area contributed by atoms with Gasteiger partial charge in [0.1, 0.15) is 28.0 Å². The topological polar surface area (TPSA) is 142 Å². The van der Waals surface area contributed by atoms with Gasteiger partial charge in [-0.2, -0.15) is 0 Å². The van der Waals surface area contributed by atoms with E-state index in [2.05, 4.69) is 5.32 Å². The normalized spacial score (nSPS) is 10.6. The molecule has 28 heavy (non-hydrogen) atoms. The van der Waals surface area contributed by atoms with E-state index in [1.165, 1.54) is 13.0 Å². The third-order valence-electron chi connectivity index (χ3n) is 3.92. The lowest BCUT2D eigenvalue weighted by atomic mass is 10.1. The summed E-state index contributed by atoms with van der Waals surface area (Å²) in [6, 6.07) is 8.01. The lowest BCUT2D eigenvalue weighted by molar-refractivity contribution is 0.0521. The van der Waals surface area contributed by atoms with Gasteiger partial charge >= 0.3 is 11.6 Å². The van der Waals surface area contributed by atoms with Crippen LogP contribution in [0.5, 0.6) is 0 Å². The highest BCUT2D eigenvalue weighted by Gasteiger charge is 2.29. The number of benzene rings is 1. The zero-order valence-corrected chi connectivity index (χ0v) is 15.0. The van der Waals surface area contributed by atoms with Gasteiger partial charge in [-0.25, -0.2) is 9.59 Å². The number of anilines is 1. The highest BCUT2D eigenvalue weighted by atomic mass is 16.5. The Morgan fingerprint density at radius 1 is 1.14 bits per heavy atom. The number of esters is 1. The second-order valence-corrected chi connectivity index (χ2v) is 5.76. The SMILES string of the molecule is CCOC(=O)c1c(C)oc(NC(=O)c2cc3ccccc3oc2=O)c1C(N)=O. The maximum atomic E-state index is 12.6. The summed E-state index contributed by atoms with van der Waals surface area (Å²) in [6.45, 7) is 3.08. The van der Waals surface area contributed by atoms with Gasteiger partial charge in [0.25, 0.3) is 11.8 Å². The maximum absolute atomic E-state index is 12.6. The molecule has 1 aromatic carbocycles. The highest BCUT2D eigenvalue weighted by Crippen LogP contribution is 2.28. The minimum Gasteiger partial charge on any atom is -0.462 e. The van der Waals surface area contributed by atoms with Gasteiger partial charge in [-0.3, -0.25) is 14.9 Å². The van der Waals surface area contributed by atoms with E-state index in [1.807, 2.05) is 0 Å². The van der Waals surface area contributed by atoms with Crippen molar-refractivity contribution in [1.82, 2.24) is 0 Å². The molecule has 0 fully saturated rings. The predicted molar refractivity (Wildman–Crippen MR) is 98.4 cm³/mol. The van der Waals surface area contributed by atoms with E-state index in [0.29, 0.717) is 11.0 Å². The first-order valence-corrected chi connectivity index (χ1v) is 8.28. The molecule has 0 spiro atoms. The van der Waals surface area contributed by atoms with Gasteiger partial charge in [0.2, 0.25) is 5.88 Å². The van der Waals surface area contributed by atoms with Gasteiger partial charge in [-0.1, -0.05) is 18.2 Å². The van der Waals surface area contributed by atoms with E-state index in [-0.39, 0.29) is 34.9 Å². The standard InChI is InChI=1S/C19H16N2O7/c1-3-26-19(25)13-9(2)27-17(14(13)15(20)22)21-16(23)11-8-10-6-4-5-7-12(10)28-18(11)24/h4-8H,3H2,1-2H3,(H2,20,22)(H,21,23). The maximum Gasteiger partial charge on any atom is 0.349 e. The molecule has 0 atom stereocenters. The van der Waals surface area contributed by atoms with E-state index in [0.717, 1.165) is 0 Å². The fraction of sp³-hybridized carbons (Fsp3) is 0.158. The molecule has 0 aliphatic heterocycles. The second kappa shape index (κ2) is 7.39. The average Bonchev–Trinajstić information content (AvgIpc) is 2.97. The quantitative estimate of drug-likeness (QED) is 0.507. The smallest absolute Gasteiger partial charge is 0.349 e. The van der Waals surface area contributed by atoms with Gasteiger partial charge in [-0.15, -0.1) is 0 Å². The Kier molecular flexibility index (Phi) is 4.99. The van der Waals surface area contributed by atoms with Crippen molar-refractivity contribution in [2.75, 3.05) is 11.9 Å². The van der Waals surface area contributed by atoms with Crippen LogP contribution in [-0.4, -0.2) is 24.4 Å². The number of hydrogen-bond donors (Lipinski definition) is 2. The number of primary amides is 1. The van der Waals surface area contributed by atoms with Crippen LogP contribution in [-0.2, 0) is 4.74 Å². The van der Waals surface area contributed by atoms with Crippen LogP contribution in [0, 0.1) is 6.92 Å². The van der Waals surface area contributed by atoms with Crippen molar-refractivity contribution < 1.29 is 28.0 Å². The van der Waals surface area contributed by atoms with Crippen LogP contribution >= 0.6 is 0 Å². The molecule has 144 valence electrons. The summed E-state index contributed by atoms with van der Waals surface area (Å²) < 4.78 is 15.3. The van der Waals surface area contributed by atoms with E-state index in [9.17, 15) is 19.2 Å². The van der Waals surface area contributed by atoms with Gasteiger partial charge in [0, 0.05) is 5.39 Å². The number of aryl methyl sites for hydroxylation is 1. The van der Waals surface area contributed by atoms with Crippen molar-refractivity contribution in [3.63, 3.8) is 0 Å². The van der Waals surface area contributed by atoms with Crippen LogP contribution < -0.4 is 16.7 Å². The fourth-order valence-corrected chi connectivity index (χ4v) is 2.71. The molecule has 2 aromatic heterocycles. The third-order valence-corrected chi connectivity index (χ3v) is 3.92. The molecule has 2 amide bonds. The third kappa shape index (κ3) is 3.37. The summed E-state index contributed by atoms with van der Waals surface area (Å²) in [5, 5.41) is 2.83. The van der Waals surface area contributed by atoms with Crippen molar-refractivity contribution in [3.8, 4) is 0 Å². The number of hydrogen-bond acceptors (Lipinski definition) is 7. The average molecular weight is 384 g/mol. The number of nitrogens with two attached hydrogens (primary N) is 1. The minimum absolute atomic E-state index is 0.0353. The molecule has 0 aliphatic rings. The van der Waals surface area contributed by atoms with Crippen LogP contribution in [0.25, 0.3) is 11.0 Å². The van der Waals surface area contributed by atoms with Gasteiger partial charge < -0.3 is 19.3 Å². The number of fused-ring (bicyclic) bond motifs is 1. The molecule has 0 radical (unpaired) electrons. The lowest BCUT2D eigenvalue weighted by Crippen LogP contribution is -2.23. The zero-order chi connectivity index (χ0) is 20.4. The number of rotatable bonds is 5. The molecule has 0 saturated heterocycles. The van der Waals surface area contributed by atoms with Crippen molar-refractivity contribution in [2.45, 2.75) is 13.8 Å². The Morgan fingerprint density at radius 2 is 1.86 bits per heavy atom. The number of amides is 2.